The highest BCUT2D eigenvalue weighted by atomic mass is 15.4. The zero-order valence-electron chi connectivity index (χ0n) is 13.8. The molecule has 23 heavy (non-hydrogen) atoms. The van der Waals surface area contributed by atoms with Crippen LogP contribution in [0.4, 0.5) is 0 Å². The fraction of sp³-hybridized carbons (Fsp3) is 0.263. The van der Waals surface area contributed by atoms with Crippen LogP contribution in [0.3, 0.4) is 0 Å². The Morgan fingerprint density at radius 1 is 1.04 bits per heavy atom. The Hall–Kier alpha value is -2.62. The molecule has 1 unspecified atom stereocenters. The molecule has 0 N–H and O–H groups in total. The van der Waals surface area contributed by atoms with Gasteiger partial charge in [0.25, 0.3) is 11.6 Å². The second-order valence-electron chi connectivity index (χ2n) is 6.57. The fourth-order valence-electron chi connectivity index (χ4n) is 4.29. The van der Waals surface area contributed by atoms with E-state index in [2.05, 4.69) is 71.5 Å². The van der Waals surface area contributed by atoms with Gasteiger partial charge in [0.2, 0.25) is 0 Å². The lowest BCUT2D eigenvalue weighted by atomic mass is 10.0. The van der Waals surface area contributed by atoms with E-state index in [1.807, 2.05) is 11.7 Å². The maximum Gasteiger partial charge on any atom is 0.275 e. The number of benzene rings is 2. The van der Waals surface area contributed by atoms with Gasteiger partial charge in [0.1, 0.15) is 6.04 Å². The van der Waals surface area contributed by atoms with E-state index >= 15 is 0 Å². The smallest absolute Gasteiger partial charge is 0.275 e. The summed E-state index contributed by atoms with van der Waals surface area (Å²) in [6.07, 6.45) is 0. The minimum absolute atomic E-state index is 0.331. The highest BCUT2D eigenvalue weighted by Gasteiger charge is 2.37. The first kappa shape index (κ1) is 12.9. The Morgan fingerprint density at radius 3 is 2.65 bits per heavy atom. The zero-order chi connectivity index (χ0) is 15.9. The number of para-hydroxylation sites is 1. The number of hydrogen-bond donors (Lipinski definition) is 0. The largest absolute Gasteiger partial charge is 0.344 e. The third-order valence-corrected chi connectivity index (χ3v) is 5.34. The molecule has 0 spiro atoms. The van der Waals surface area contributed by atoms with Crippen LogP contribution in [0.2, 0.25) is 0 Å². The van der Waals surface area contributed by atoms with Crippen molar-refractivity contribution >= 4 is 21.8 Å². The summed E-state index contributed by atoms with van der Waals surface area (Å²) in [5, 5.41) is 7.27. The average Bonchev–Trinajstić information content (AvgIpc) is 3.11. The maximum absolute atomic E-state index is 4.60. The van der Waals surface area contributed by atoms with Crippen molar-refractivity contribution < 1.29 is 4.57 Å². The number of hydrogen-bond acceptors (Lipinski definition) is 1. The lowest BCUT2D eigenvalue weighted by molar-refractivity contribution is -0.700. The van der Waals surface area contributed by atoms with Gasteiger partial charge in [0.15, 0.2) is 0 Å². The molecule has 5 rings (SSSR count). The number of rotatable bonds is 0. The Bertz CT molecular complexity index is 1110. The molecule has 4 aromatic rings. The maximum atomic E-state index is 4.60. The summed E-state index contributed by atoms with van der Waals surface area (Å²) in [5.74, 6) is 2.28. The van der Waals surface area contributed by atoms with E-state index in [0.717, 1.165) is 5.82 Å². The molecule has 0 saturated heterocycles. The van der Waals surface area contributed by atoms with Crippen LogP contribution in [0.15, 0.2) is 36.4 Å². The highest BCUT2D eigenvalue weighted by Crippen LogP contribution is 2.39. The third kappa shape index (κ3) is 1.41. The SMILES string of the molecule is Cc1nn(C)c2[n+]1C(C)c1cc3c4ccccc4n(C)c3cc1-2. The van der Waals surface area contributed by atoms with Crippen LogP contribution in [0.1, 0.15) is 24.4 Å². The topological polar surface area (TPSA) is 26.6 Å². The summed E-state index contributed by atoms with van der Waals surface area (Å²) in [7, 11) is 4.18. The van der Waals surface area contributed by atoms with Gasteiger partial charge in [-0.2, -0.15) is 0 Å². The first-order valence-electron chi connectivity index (χ1n) is 8.04. The van der Waals surface area contributed by atoms with Crippen LogP contribution in [0.5, 0.6) is 0 Å². The Morgan fingerprint density at radius 2 is 1.83 bits per heavy atom. The normalized spacial score (nSPS) is 16.3. The standard InChI is InChI=1S/C19H19N4/c1-11-14-9-15-13-7-5-6-8-17(13)21(3)18(15)10-16(14)19-22(4)20-12(2)23(11)19/h5-11H,1-4H3/q+1. The van der Waals surface area contributed by atoms with Crippen LogP contribution in [-0.2, 0) is 14.1 Å². The highest BCUT2D eigenvalue weighted by molar-refractivity contribution is 6.09. The van der Waals surface area contributed by atoms with Crippen molar-refractivity contribution in [3.63, 3.8) is 0 Å². The molecule has 4 heteroatoms. The molecule has 1 aliphatic rings. The van der Waals surface area contributed by atoms with Gasteiger partial charge in [-0.15, -0.1) is 4.68 Å². The third-order valence-electron chi connectivity index (χ3n) is 5.34. The van der Waals surface area contributed by atoms with Gasteiger partial charge in [0, 0.05) is 46.4 Å². The second kappa shape index (κ2) is 4.02. The molecule has 1 atom stereocenters. The first-order chi connectivity index (χ1) is 11.1. The summed E-state index contributed by atoms with van der Waals surface area (Å²) < 4.78 is 6.64. The second-order valence-corrected chi connectivity index (χ2v) is 6.57. The van der Waals surface area contributed by atoms with Gasteiger partial charge in [-0.25, -0.2) is 4.57 Å². The van der Waals surface area contributed by atoms with Gasteiger partial charge in [-0.05, 0) is 25.1 Å². The molecule has 4 nitrogen and oxygen atoms in total. The van der Waals surface area contributed by atoms with Crippen LogP contribution < -0.4 is 4.57 Å². The molecule has 0 amide bonds. The van der Waals surface area contributed by atoms with Gasteiger partial charge in [-0.1, -0.05) is 18.2 Å². The molecule has 0 bridgehead atoms. The van der Waals surface area contributed by atoms with E-state index in [1.54, 1.807) is 0 Å². The molecule has 3 heterocycles. The molecular weight excluding hydrogens is 284 g/mol. The van der Waals surface area contributed by atoms with Gasteiger partial charge >= 0.3 is 0 Å². The van der Waals surface area contributed by atoms with Gasteiger partial charge < -0.3 is 4.57 Å². The Balaban J connectivity index is 1.95. The Labute approximate surface area is 134 Å². The zero-order valence-corrected chi connectivity index (χ0v) is 13.8. The van der Waals surface area contributed by atoms with Crippen molar-refractivity contribution in [1.82, 2.24) is 14.3 Å². The predicted octanol–water partition coefficient (Wildman–Crippen LogP) is 3.25. The van der Waals surface area contributed by atoms with Crippen LogP contribution in [0, 0.1) is 6.92 Å². The minimum Gasteiger partial charge on any atom is -0.344 e. The van der Waals surface area contributed by atoms with Crippen molar-refractivity contribution in [2.24, 2.45) is 14.1 Å². The van der Waals surface area contributed by atoms with Crippen molar-refractivity contribution in [2.75, 3.05) is 0 Å². The lowest BCUT2D eigenvalue weighted by Gasteiger charge is -2.05. The molecule has 1 aliphatic heterocycles. The van der Waals surface area contributed by atoms with Crippen molar-refractivity contribution in [2.45, 2.75) is 19.9 Å². The van der Waals surface area contributed by atoms with Gasteiger partial charge in [0.05, 0.1) is 12.6 Å². The van der Waals surface area contributed by atoms with E-state index in [4.69, 9.17) is 0 Å². The molecule has 0 saturated carbocycles. The molecule has 0 fully saturated rings. The molecule has 2 aromatic carbocycles. The summed E-state index contributed by atoms with van der Waals surface area (Å²) in [6, 6.07) is 13.7. The van der Waals surface area contributed by atoms with Gasteiger partial charge in [-0.3, -0.25) is 0 Å². The van der Waals surface area contributed by atoms with Crippen molar-refractivity contribution in [3.8, 4) is 11.4 Å². The van der Waals surface area contributed by atoms with Crippen molar-refractivity contribution in [3.05, 3.63) is 47.8 Å². The number of fused-ring (bicyclic) bond motifs is 6. The monoisotopic (exact) mass is 303 g/mol. The summed E-state index contributed by atoms with van der Waals surface area (Å²) >= 11 is 0. The summed E-state index contributed by atoms with van der Waals surface area (Å²) in [6.45, 7) is 4.35. The Kier molecular flexibility index (Phi) is 2.25. The minimum atomic E-state index is 0.331. The van der Waals surface area contributed by atoms with Crippen LogP contribution in [-0.4, -0.2) is 14.3 Å². The van der Waals surface area contributed by atoms with E-state index < -0.39 is 0 Å². The molecule has 0 aliphatic carbocycles. The van der Waals surface area contributed by atoms with E-state index in [-0.39, 0.29) is 0 Å². The van der Waals surface area contributed by atoms with Crippen LogP contribution in [0.25, 0.3) is 33.2 Å². The molecular formula is C19H19N4+. The number of aryl methyl sites for hydroxylation is 3. The summed E-state index contributed by atoms with van der Waals surface area (Å²) in [4.78, 5) is 0. The summed E-state index contributed by atoms with van der Waals surface area (Å²) in [5.41, 5.74) is 5.27. The van der Waals surface area contributed by atoms with E-state index in [9.17, 15) is 0 Å². The first-order valence-corrected chi connectivity index (χ1v) is 8.04. The van der Waals surface area contributed by atoms with Crippen LogP contribution >= 0.6 is 0 Å². The van der Waals surface area contributed by atoms with E-state index in [0.29, 0.717) is 6.04 Å². The number of aromatic nitrogens is 4. The quantitative estimate of drug-likeness (QED) is 0.458. The lowest BCUT2D eigenvalue weighted by Crippen LogP contribution is -2.37. The fourth-order valence-corrected chi connectivity index (χ4v) is 4.29. The van der Waals surface area contributed by atoms with Crippen molar-refractivity contribution in [1.29, 1.82) is 0 Å². The molecule has 114 valence electrons. The molecule has 2 aromatic heterocycles. The number of nitrogens with zero attached hydrogens (tertiary/aromatic N) is 4. The molecule has 0 radical (unpaired) electrons. The predicted molar refractivity (Wildman–Crippen MR) is 91.4 cm³/mol. The average molecular weight is 303 g/mol. The van der Waals surface area contributed by atoms with E-state index in [1.165, 1.54) is 38.8 Å².